The first-order valence-corrected chi connectivity index (χ1v) is 8.62. The highest BCUT2D eigenvalue weighted by molar-refractivity contribution is 5.84. The van der Waals surface area contributed by atoms with Crippen LogP contribution in [0.5, 0.6) is 0 Å². The predicted octanol–water partition coefficient (Wildman–Crippen LogP) is 0.792. The van der Waals surface area contributed by atoms with Crippen molar-refractivity contribution in [1.29, 1.82) is 0 Å². The Morgan fingerprint density at radius 1 is 1.23 bits per heavy atom. The lowest BCUT2D eigenvalue weighted by atomic mass is 9.92. The van der Waals surface area contributed by atoms with Crippen LogP contribution in [-0.2, 0) is 16.1 Å². The molecule has 138 valence electrons. The highest BCUT2D eigenvalue weighted by Gasteiger charge is 2.34. The molecule has 1 aliphatic rings. The number of likely N-dealkylation sites (tertiary alicyclic amines) is 1. The summed E-state index contributed by atoms with van der Waals surface area (Å²) in [4.78, 5) is 49.9. The number of carboxylic acids is 1. The van der Waals surface area contributed by atoms with Crippen LogP contribution in [0, 0.1) is 5.92 Å². The summed E-state index contributed by atoms with van der Waals surface area (Å²) in [6.07, 6.45) is 1.13. The smallest absolute Gasteiger partial charge is 0.326 e. The first-order valence-electron chi connectivity index (χ1n) is 8.62. The van der Waals surface area contributed by atoms with E-state index in [0.29, 0.717) is 23.7 Å². The molecular weight excluding hydrogens is 338 g/mol. The second-order valence-corrected chi connectivity index (χ2v) is 6.76. The van der Waals surface area contributed by atoms with Gasteiger partial charge in [0.2, 0.25) is 5.91 Å². The summed E-state index contributed by atoms with van der Waals surface area (Å²) in [6, 6.07) is 5.65. The minimum atomic E-state index is -1.01. The summed E-state index contributed by atoms with van der Waals surface area (Å²) in [7, 11) is 0. The Labute approximate surface area is 149 Å². The average Bonchev–Trinajstić information content (AvgIpc) is 2.63. The monoisotopic (exact) mass is 359 g/mol. The van der Waals surface area contributed by atoms with Crippen LogP contribution in [0.2, 0.25) is 0 Å². The molecule has 2 unspecified atom stereocenters. The number of aromatic nitrogens is 2. The van der Waals surface area contributed by atoms with Crippen LogP contribution in [0.25, 0.3) is 10.8 Å². The number of fused-ring (bicyclic) bond motifs is 1. The number of carbonyl (C=O) groups is 2. The van der Waals surface area contributed by atoms with Crippen molar-refractivity contribution in [3.63, 3.8) is 0 Å². The number of H-pyrrole nitrogens is 1. The number of aromatic amines is 1. The van der Waals surface area contributed by atoms with Gasteiger partial charge in [0, 0.05) is 13.0 Å². The molecule has 1 amide bonds. The summed E-state index contributed by atoms with van der Waals surface area (Å²) in [5, 5.41) is 12.4. The fourth-order valence-electron chi connectivity index (χ4n) is 3.43. The summed E-state index contributed by atoms with van der Waals surface area (Å²) in [6.45, 7) is 2.35. The maximum absolute atomic E-state index is 12.5. The molecule has 3 rings (SSSR count). The van der Waals surface area contributed by atoms with E-state index >= 15 is 0 Å². The Balaban J connectivity index is 1.78. The van der Waals surface area contributed by atoms with Crippen molar-refractivity contribution < 1.29 is 14.7 Å². The number of carboxylic acid groups (broad SMARTS) is 1. The first kappa shape index (κ1) is 17.9. The minimum Gasteiger partial charge on any atom is -0.480 e. The molecule has 26 heavy (non-hydrogen) atoms. The fraction of sp³-hybridized carbons (Fsp3) is 0.444. The van der Waals surface area contributed by atoms with Gasteiger partial charge in [-0.25, -0.2) is 9.48 Å². The first-order chi connectivity index (χ1) is 12.4. The number of carbonyl (C=O) groups excluding carboxylic acids is 1. The molecule has 0 bridgehead atoms. The van der Waals surface area contributed by atoms with E-state index in [1.807, 2.05) is 6.92 Å². The van der Waals surface area contributed by atoms with Crippen LogP contribution in [0.1, 0.15) is 26.2 Å². The van der Waals surface area contributed by atoms with Crippen molar-refractivity contribution in [2.24, 2.45) is 5.92 Å². The molecule has 2 heterocycles. The maximum atomic E-state index is 12.5. The lowest BCUT2D eigenvalue weighted by Gasteiger charge is -2.36. The zero-order chi connectivity index (χ0) is 18.8. The van der Waals surface area contributed by atoms with Crippen molar-refractivity contribution in [3.05, 3.63) is 45.0 Å². The highest BCUT2D eigenvalue weighted by Crippen LogP contribution is 2.23. The largest absolute Gasteiger partial charge is 0.480 e. The van der Waals surface area contributed by atoms with Crippen LogP contribution < -0.4 is 11.1 Å². The lowest BCUT2D eigenvalue weighted by molar-refractivity contribution is -0.153. The number of amides is 1. The quantitative estimate of drug-likeness (QED) is 0.838. The van der Waals surface area contributed by atoms with Gasteiger partial charge in [0.05, 0.1) is 17.3 Å². The van der Waals surface area contributed by atoms with E-state index in [-0.39, 0.29) is 30.3 Å². The van der Waals surface area contributed by atoms with Gasteiger partial charge in [0.15, 0.2) is 0 Å². The van der Waals surface area contributed by atoms with Gasteiger partial charge in [-0.05, 0) is 30.9 Å². The topological polar surface area (TPSA) is 112 Å². The molecule has 2 aromatic rings. The second kappa shape index (κ2) is 7.15. The second-order valence-electron chi connectivity index (χ2n) is 6.76. The van der Waals surface area contributed by atoms with E-state index in [1.165, 1.54) is 4.90 Å². The molecule has 1 aromatic heterocycles. The van der Waals surface area contributed by atoms with Crippen LogP contribution in [-0.4, -0.2) is 44.3 Å². The fourth-order valence-corrected chi connectivity index (χ4v) is 3.43. The lowest BCUT2D eigenvalue weighted by Crippen LogP contribution is -2.50. The number of aryl methyl sites for hydroxylation is 1. The summed E-state index contributed by atoms with van der Waals surface area (Å²) < 4.78 is 1.12. The summed E-state index contributed by atoms with van der Waals surface area (Å²) in [5.41, 5.74) is -0.780. The molecule has 0 spiro atoms. The Bertz CT molecular complexity index is 961. The van der Waals surface area contributed by atoms with Crippen LogP contribution >= 0.6 is 0 Å². The van der Waals surface area contributed by atoms with Gasteiger partial charge in [-0.3, -0.25) is 19.5 Å². The zero-order valence-electron chi connectivity index (χ0n) is 14.5. The molecule has 8 heteroatoms. The third kappa shape index (κ3) is 3.40. The SMILES string of the molecule is CC1CCN(C(=O)CCn2[nH]c(=O)c3ccccc3c2=O)C(C(=O)O)C1. The molecule has 1 aliphatic heterocycles. The summed E-state index contributed by atoms with van der Waals surface area (Å²) >= 11 is 0. The number of nitrogens with zero attached hydrogens (tertiary/aromatic N) is 2. The molecule has 2 atom stereocenters. The number of nitrogens with one attached hydrogen (secondary N) is 1. The van der Waals surface area contributed by atoms with E-state index in [0.717, 1.165) is 11.1 Å². The van der Waals surface area contributed by atoms with Gasteiger partial charge in [-0.1, -0.05) is 19.1 Å². The minimum absolute atomic E-state index is 0.00384. The molecular formula is C18H21N3O5. The van der Waals surface area contributed by atoms with Gasteiger partial charge in [0.1, 0.15) is 6.04 Å². The number of hydrogen-bond acceptors (Lipinski definition) is 4. The Hall–Kier alpha value is -2.90. The van der Waals surface area contributed by atoms with Crippen molar-refractivity contribution in [2.45, 2.75) is 38.8 Å². The Kier molecular flexibility index (Phi) is 4.92. The third-order valence-corrected chi connectivity index (χ3v) is 4.90. The van der Waals surface area contributed by atoms with Gasteiger partial charge >= 0.3 is 5.97 Å². The maximum Gasteiger partial charge on any atom is 0.326 e. The van der Waals surface area contributed by atoms with Crippen LogP contribution in [0.4, 0.5) is 0 Å². The summed E-state index contributed by atoms with van der Waals surface area (Å²) in [5.74, 6) is -1.09. The van der Waals surface area contributed by atoms with Crippen molar-refractivity contribution in [2.75, 3.05) is 6.54 Å². The predicted molar refractivity (Wildman–Crippen MR) is 95.0 cm³/mol. The van der Waals surface area contributed by atoms with Crippen molar-refractivity contribution in [3.8, 4) is 0 Å². The Morgan fingerprint density at radius 3 is 2.62 bits per heavy atom. The van der Waals surface area contributed by atoms with E-state index in [1.54, 1.807) is 24.3 Å². The Morgan fingerprint density at radius 2 is 1.92 bits per heavy atom. The molecule has 0 aliphatic carbocycles. The van der Waals surface area contributed by atoms with Gasteiger partial charge in [0.25, 0.3) is 11.1 Å². The normalized spacial score (nSPS) is 20.3. The molecule has 1 aromatic carbocycles. The molecule has 1 fully saturated rings. The molecule has 0 saturated carbocycles. The van der Waals surface area contributed by atoms with Gasteiger partial charge in [-0.15, -0.1) is 0 Å². The van der Waals surface area contributed by atoms with E-state index in [2.05, 4.69) is 5.10 Å². The number of benzene rings is 1. The molecule has 8 nitrogen and oxygen atoms in total. The van der Waals surface area contributed by atoms with E-state index < -0.39 is 17.6 Å². The number of aliphatic carboxylic acids is 1. The number of rotatable bonds is 4. The van der Waals surface area contributed by atoms with Crippen LogP contribution in [0.3, 0.4) is 0 Å². The van der Waals surface area contributed by atoms with E-state index in [9.17, 15) is 24.3 Å². The molecule has 1 saturated heterocycles. The van der Waals surface area contributed by atoms with E-state index in [4.69, 9.17) is 0 Å². The van der Waals surface area contributed by atoms with Crippen molar-refractivity contribution in [1.82, 2.24) is 14.7 Å². The standard InChI is InChI=1S/C18H21N3O5/c1-11-6-8-20(14(10-11)18(25)26)15(22)7-9-21-17(24)13-5-3-2-4-12(13)16(23)19-21/h2-5,11,14H,6-10H2,1H3,(H,19,23)(H,25,26). The number of piperidine rings is 1. The third-order valence-electron chi connectivity index (χ3n) is 4.90. The zero-order valence-corrected chi connectivity index (χ0v) is 14.5. The molecule has 0 radical (unpaired) electrons. The average molecular weight is 359 g/mol. The van der Waals surface area contributed by atoms with Gasteiger partial charge in [-0.2, -0.15) is 0 Å². The van der Waals surface area contributed by atoms with Gasteiger partial charge < -0.3 is 10.0 Å². The van der Waals surface area contributed by atoms with Crippen LogP contribution in [0.15, 0.2) is 33.9 Å². The number of hydrogen-bond donors (Lipinski definition) is 2. The highest BCUT2D eigenvalue weighted by atomic mass is 16.4. The molecule has 2 N–H and O–H groups in total. The van der Waals surface area contributed by atoms with Crippen molar-refractivity contribution >= 4 is 22.6 Å².